The molecule has 0 aliphatic heterocycles. The van der Waals surface area contributed by atoms with Crippen LogP contribution >= 0.6 is 11.6 Å². The fourth-order valence-electron chi connectivity index (χ4n) is 1.56. The van der Waals surface area contributed by atoms with E-state index in [1.807, 2.05) is 24.3 Å². The third-order valence-electron chi connectivity index (χ3n) is 2.36. The Morgan fingerprint density at radius 2 is 2.05 bits per heavy atom. The van der Waals surface area contributed by atoms with Gasteiger partial charge in [-0.3, -0.25) is 0 Å². The molecule has 0 amide bonds. The summed E-state index contributed by atoms with van der Waals surface area (Å²) in [6, 6.07) is 7.49. The Morgan fingerprint density at radius 1 is 1.21 bits per heavy atom. The second kappa shape index (κ2) is 6.36. The largest absolute Gasteiger partial charge is 0.489 e. The Labute approximate surface area is 116 Å². The van der Waals surface area contributed by atoms with E-state index >= 15 is 0 Å². The summed E-state index contributed by atoms with van der Waals surface area (Å²) in [6.45, 7) is 0.513. The molecule has 1 aromatic carbocycles. The van der Waals surface area contributed by atoms with Crippen molar-refractivity contribution < 1.29 is 14.2 Å². The van der Waals surface area contributed by atoms with Crippen molar-refractivity contribution in [2.45, 2.75) is 6.61 Å². The number of rotatable bonds is 5. The first-order chi connectivity index (χ1) is 9.24. The van der Waals surface area contributed by atoms with Gasteiger partial charge in [-0.25, -0.2) is 4.98 Å². The van der Waals surface area contributed by atoms with Crippen LogP contribution in [-0.4, -0.2) is 24.2 Å². The monoisotopic (exact) mass is 280 g/mol. The molecule has 100 valence electrons. The van der Waals surface area contributed by atoms with Crippen LogP contribution in [-0.2, 0) is 11.3 Å². The van der Waals surface area contributed by atoms with E-state index in [1.54, 1.807) is 7.11 Å². The number of halogens is 1. The number of hydrogen-bond donors (Lipinski definition) is 0. The van der Waals surface area contributed by atoms with Crippen LogP contribution in [0, 0.1) is 0 Å². The Morgan fingerprint density at radius 3 is 2.79 bits per heavy atom. The van der Waals surface area contributed by atoms with Crippen molar-refractivity contribution in [1.82, 2.24) is 9.97 Å². The summed E-state index contributed by atoms with van der Waals surface area (Å²) in [6.07, 6.45) is 1.32. The molecule has 1 aromatic heterocycles. The molecule has 5 nitrogen and oxygen atoms in total. The molecule has 2 aromatic rings. The number of nitrogens with zero attached hydrogens (tertiary/aromatic N) is 2. The maximum Gasteiger partial charge on any atom is 0.267 e. The summed E-state index contributed by atoms with van der Waals surface area (Å²) < 4.78 is 15.8. The van der Waals surface area contributed by atoms with E-state index in [0.29, 0.717) is 18.1 Å². The van der Waals surface area contributed by atoms with Gasteiger partial charge in [-0.15, -0.1) is 0 Å². The maximum absolute atomic E-state index is 5.90. The Balaban J connectivity index is 2.26. The van der Waals surface area contributed by atoms with Gasteiger partial charge in [-0.2, -0.15) is 4.98 Å². The molecule has 0 bridgehead atoms. The first kappa shape index (κ1) is 13.6. The van der Waals surface area contributed by atoms with Crippen molar-refractivity contribution in [3.63, 3.8) is 0 Å². The van der Waals surface area contributed by atoms with Crippen LogP contribution < -0.4 is 9.47 Å². The molecular weight excluding hydrogens is 268 g/mol. The summed E-state index contributed by atoms with van der Waals surface area (Å²) in [4.78, 5) is 7.84. The zero-order valence-electron chi connectivity index (χ0n) is 10.6. The van der Waals surface area contributed by atoms with Crippen LogP contribution in [0.1, 0.15) is 5.56 Å². The molecule has 0 unspecified atom stereocenters. The fraction of sp³-hybridized carbons (Fsp3) is 0.231. The number of methoxy groups -OCH3 is 2. The van der Waals surface area contributed by atoms with Crippen molar-refractivity contribution >= 4 is 11.6 Å². The lowest BCUT2D eigenvalue weighted by Gasteiger charge is -2.10. The summed E-state index contributed by atoms with van der Waals surface area (Å²) in [5.41, 5.74) is 0.999. The topological polar surface area (TPSA) is 53.5 Å². The van der Waals surface area contributed by atoms with E-state index in [-0.39, 0.29) is 11.0 Å². The standard InChI is InChI=1S/C13H13ClN2O3/c1-17-7-9-4-3-5-10(6-9)19-13-11(18-2)12(14)15-8-16-13/h3-6,8H,7H2,1-2H3. The minimum atomic E-state index is 0.209. The first-order valence-corrected chi connectivity index (χ1v) is 5.92. The third-order valence-corrected chi connectivity index (χ3v) is 2.63. The molecule has 1 heterocycles. The molecule has 0 aliphatic carbocycles. The predicted octanol–water partition coefficient (Wildman–Crippen LogP) is 3.08. The Hall–Kier alpha value is -1.85. The quantitative estimate of drug-likeness (QED) is 0.788. The molecule has 0 aliphatic rings. The lowest BCUT2D eigenvalue weighted by Crippen LogP contribution is -1.96. The van der Waals surface area contributed by atoms with Gasteiger partial charge < -0.3 is 14.2 Å². The lowest BCUT2D eigenvalue weighted by molar-refractivity contribution is 0.184. The molecule has 0 radical (unpaired) electrons. The molecule has 0 N–H and O–H groups in total. The zero-order valence-corrected chi connectivity index (χ0v) is 11.3. The minimum Gasteiger partial charge on any atom is -0.489 e. The van der Waals surface area contributed by atoms with Crippen LogP contribution in [0.3, 0.4) is 0 Å². The van der Waals surface area contributed by atoms with Gasteiger partial charge in [0, 0.05) is 7.11 Å². The SMILES string of the molecule is COCc1cccc(Oc2ncnc(Cl)c2OC)c1. The number of ether oxygens (including phenoxy) is 3. The van der Waals surface area contributed by atoms with Crippen molar-refractivity contribution in [3.05, 3.63) is 41.3 Å². The summed E-state index contributed by atoms with van der Waals surface area (Å²) in [5, 5.41) is 0.209. The highest BCUT2D eigenvalue weighted by atomic mass is 35.5. The minimum absolute atomic E-state index is 0.209. The molecule has 0 atom stereocenters. The summed E-state index contributed by atoms with van der Waals surface area (Å²) in [7, 11) is 3.12. The van der Waals surface area contributed by atoms with E-state index in [0.717, 1.165) is 5.56 Å². The van der Waals surface area contributed by atoms with E-state index in [9.17, 15) is 0 Å². The highest BCUT2D eigenvalue weighted by molar-refractivity contribution is 6.31. The van der Waals surface area contributed by atoms with Crippen LogP contribution in [0.5, 0.6) is 17.4 Å². The second-order valence-electron chi connectivity index (χ2n) is 3.69. The van der Waals surface area contributed by atoms with E-state index in [1.165, 1.54) is 13.4 Å². The molecule has 0 spiro atoms. The van der Waals surface area contributed by atoms with E-state index in [2.05, 4.69) is 9.97 Å². The van der Waals surface area contributed by atoms with E-state index < -0.39 is 0 Å². The van der Waals surface area contributed by atoms with Crippen molar-refractivity contribution in [2.75, 3.05) is 14.2 Å². The summed E-state index contributed by atoms with van der Waals surface area (Å²) >= 11 is 5.90. The average molecular weight is 281 g/mol. The van der Waals surface area contributed by atoms with Crippen LogP contribution in [0.4, 0.5) is 0 Å². The van der Waals surface area contributed by atoms with Gasteiger partial charge in [0.05, 0.1) is 13.7 Å². The lowest BCUT2D eigenvalue weighted by atomic mass is 10.2. The fourth-order valence-corrected chi connectivity index (χ4v) is 1.76. The predicted molar refractivity (Wildman–Crippen MR) is 70.8 cm³/mol. The van der Waals surface area contributed by atoms with E-state index in [4.69, 9.17) is 25.8 Å². The number of benzene rings is 1. The van der Waals surface area contributed by atoms with Gasteiger partial charge in [0.2, 0.25) is 5.75 Å². The smallest absolute Gasteiger partial charge is 0.267 e. The molecule has 0 saturated carbocycles. The Bertz CT molecular complexity index is 563. The molecule has 2 rings (SSSR count). The first-order valence-electron chi connectivity index (χ1n) is 5.55. The zero-order chi connectivity index (χ0) is 13.7. The third kappa shape index (κ3) is 3.33. The van der Waals surface area contributed by atoms with Crippen LogP contribution in [0.15, 0.2) is 30.6 Å². The molecule has 19 heavy (non-hydrogen) atoms. The Kier molecular flexibility index (Phi) is 4.54. The summed E-state index contributed by atoms with van der Waals surface area (Å²) in [5.74, 6) is 1.21. The van der Waals surface area contributed by atoms with Gasteiger partial charge in [0.1, 0.15) is 12.1 Å². The van der Waals surface area contributed by atoms with Crippen molar-refractivity contribution in [3.8, 4) is 17.4 Å². The van der Waals surface area contributed by atoms with Gasteiger partial charge >= 0.3 is 0 Å². The average Bonchev–Trinajstić information content (AvgIpc) is 2.40. The molecule has 0 fully saturated rings. The van der Waals surface area contributed by atoms with Gasteiger partial charge in [0.15, 0.2) is 5.15 Å². The second-order valence-corrected chi connectivity index (χ2v) is 4.04. The normalized spacial score (nSPS) is 10.3. The van der Waals surface area contributed by atoms with Gasteiger partial charge in [-0.1, -0.05) is 23.7 Å². The number of aromatic nitrogens is 2. The van der Waals surface area contributed by atoms with Gasteiger partial charge in [-0.05, 0) is 17.7 Å². The maximum atomic E-state index is 5.90. The van der Waals surface area contributed by atoms with Crippen molar-refractivity contribution in [1.29, 1.82) is 0 Å². The molecular formula is C13H13ClN2O3. The highest BCUT2D eigenvalue weighted by Gasteiger charge is 2.12. The van der Waals surface area contributed by atoms with Gasteiger partial charge in [0.25, 0.3) is 5.88 Å². The molecule has 6 heteroatoms. The van der Waals surface area contributed by atoms with Crippen molar-refractivity contribution in [2.24, 2.45) is 0 Å². The van der Waals surface area contributed by atoms with Crippen LogP contribution in [0.25, 0.3) is 0 Å². The highest BCUT2D eigenvalue weighted by Crippen LogP contribution is 2.33. The molecule has 0 saturated heterocycles. The van der Waals surface area contributed by atoms with Crippen LogP contribution in [0.2, 0.25) is 5.15 Å². The number of hydrogen-bond acceptors (Lipinski definition) is 5.